The summed E-state index contributed by atoms with van der Waals surface area (Å²) < 4.78 is 0. The molecule has 1 aliphatic heterocycles. The average Bonchev–Trinajstić information content (AvgIpc) is 2.96. The van der Waals surface area contributed by atoms with E-state index in [1.807, 2.05) is 18.2 Å². The van der Waals surface area contributed by atoms with Gasteiger partial charge in [-0.15, -0.1) is 0 Å². The third-order valence-electron chi connectivity index (χ3n) is 6.53. The molecule has 2 aromatic carbocycles. The molecule has 0 saturated heterocycles. The average molecular weight is 485 g/mol. The Morgan fingerprint density at radius 2 is 1.59 bits per heavy atom. The van der Waals surface area contributed by atoms with Gasteiger partial charge in [-0.1, -0.05) is 50.9 Å². The number of halogens is 1. The fraction of sp³-hybridized carbons (Fsp3) is 0.481. The van der Waals surface area contributed by atoms with Crippen LogP contribution in [-0.4, -0.2) is 60.9 Å². The number of hydrogen-bond acceptors (Lipinski definition) is 4. The summed E-state index contributed by atoms with van der Waals surface area (Å²) in [5, 5.41) is 3.41. The van der Waals surface area contributed by atoms with Crippen LogP contribution in [0.3, 0.4) is 0 Å². The Morgan fingerprint density at radius 3 is 2.32 bits per heavy atom. The van der Waals surface area contributed by atoms with Crippen LogP contribution in [-0.2, 0) is 4.79 Å². The molecule has 34 heavy (non-hydrogen) atoms. The van der Waals surface area contributed by atoms with Gasteiger partial charge in [-0.2, -0.15) is 0 Å². The van der Waals surface area contributed by atoms with Crippen LogP contribution in [0.1, 0.15) is 56.8 Å². The van der Waals surface area contributed by atoms with E-state index in [0.29, 0.717) is 34.1 Å². The normalized spacial score (nSPS) is 13.0. The van der Waals surface area contributed by atoms with Crippen molar-refractivity contribution in [3.8, 4) is 0 Å². The maximum Gasteiger partial charge on any atom is 0.257 e. The minimum absolute atomic E-state index is 0.0126. The smallest absolute Gasteiger partial charge is 0.257 e. The minimum atomic E-state index is -0.237. The van der Waals surface area contributed by atoms with E-state index in [1.54, 1.807) is 29.2 Å². The van der Waals surface area contributed by atoms with Gasteiger partial charge in [0.25, 0.3) is 5.91 Å². The Balaban J connectivity index is 1.60. The van der Waals surface area contributed by atoms with E-state index >= 15 is 0 Å². The van der Waals surface area contributed by atoms with Gasteiger partial charge in [0.05, 0.1) is 22.6 Å². The summed E-state index contributed by atoms with van der Waals surface area (Å²) >= 11 is 6.17. The maximum atomic E-state index is 13.4. The lowest BCUT2D eigenvalue weighted by Gasteiger charge is -2.25. The Kier molecular flexibility index (Phi) is 9.93. The Labute approximate surface area is 208 Å². The standard InChI is InChI=1S/C27H37ClN4O2/c1-4-30(5-2)18-19-31(6-3)17-11-7-8-14-26(33)32-24-13-10-9-12-22(24)27(34)29-23-20-21(28)15-16-25(23)32/h9-10,12-13,15-16,20H,4-8,11,14,17-19H2,1-3H3,(H,29,34). The zero-order valence-electron chi connectivity index (χ0n) is 20.6. The van der Waals surface area contributed by atoms with Crippen LogP contribution in [0.25, 0.3) is 0 Å². The highest BCUT2D eigenvalue weighted by atomic mass is 35.5. The lowest BCUT2D eigenvalue weighted by molar-refractivity contribution is -0.118. The van der Waals surface area contributed by atoms with Crippen molar-refractivity contribution >= 4 is 40.5 Å². The van der Waals surface area contributed by atoms with Crippen LogP contribution in [0, 0.1) is 0 Å². The summed E-state index contributed by atoms with van der Waals surface area (Å²) in [5.41, 5.74) is 2.30. The molecule has 2 aromatic rings. The van der Waals surface area contributed by atoms with E-state index in [-0.39, 0.29) is 11.8 Å². The number of benzene rings is 2. The van der Waals surface area contributed by atoms with Gasteiger partial charge in [0, 0.05) is 24.5 Å². The number of nitrogens with zero attached hydrogens (tertiary/aromatic N) is 3. The first-order chi connectivity index (χ1) is 16.5. The summed E-state index contributed by atoms with van der Waals surface area (Å²) in [5.74, 6) is -0.250. The molecule has 0 bridgehead atoms. The van der Waals surface area contributed by atoms with Crippen LogP contribution < -0.4 is 10.2 Å². The van der Waals surface area contributed by atoms with Crippen molar-refractivity contribution in [3.63, 3.8) is 0 Å². The number of likely N-dealkylation sites (N-methyl/N-ethyl adjacent to an activating group) is 2. The number of rotatable bonds is 12. The van der Waals surface area contributed by atoms with Crippen LogP contribution in [0.4, 0.5) is 17.1 Å². The molecule has 2 amide bonds. The Hall–Kier alpha value is -2.41. The van der Waals surface area contributed by atoms with E-state index in [4.69, 9.17) is 11.6 Å². The number of carbonyl (C=O) groups excluding carboxylic acids is 2. The topological polar surface area (TPSA) is 55.9 Å². The van der Waals surface area contributed by atoms with Gasteiger partial charge in [0.15, 0.2) is 0 Å². The highest BCUT2D eigenvalue weighted by Crippen LogP contribution is 2.39. The van der Waals surface area contributed by atoms with Crippen molar-refractivity contribution < 1.29 is 9.59 Å². The van der Waals surface area contributed by atoms with Gasteiger partial charge in [-0.3, -0.25) is 14.5 Å². The molecular formula is C27H37ClN4O2. The van der Waals surface area contributed by atoms with Crippen molar-refractivity contribution in [1.29, 1.82) is 0 Å². The lowest BCUT2D eigenvalue weighted by atomic mass is 10.1. The second-order valence-electron chi connectivity index (χ2n) is 8.63. The third-order valence-corrected chi connectivity index (χ3v) is 6.76. The fourth-order valence-electron chi connectivity index (χ4n) is 4.40. The van der Waals surface area contributed by atoms with Crippen LogP contribution in [0.15, 0.2) is 42.5 Å². The predicted molar refractivity (Wildman–Crippen MR) is 141 cm³/mol. The van der Waals surface area contributed by atoms with E-state index in [0.717, 1.165) is 58.5 Å². The molecule has 0 unspecified atom stereocenters. The van der Waals surface area contributed by atoms with Crippen molar-refractivity contribution in [1.82, 2.24) is 9.80 Å². The molecule has 0 saturated carbocycles. The SMILES string of the molecule is CCN(CC)CCN(CC)CCCCCC(=O)N1c2ccc(Cl)cc2NC(=O)c2ccccc21. The number of unbranched alkanes of at least 4 members (excludes halogenated alkanes) is 2. The quantitative estimate of drug-likeness (QED) is 0.387. The highest BCUT2D eigenvalue weighted by Gasteiger charge is 2.29. The molecule has 7 heteroatoms. The van der Waals surface area contributed by atoms with Gasteiger partial charge >= 0.3 is 0 Å². The maximum absolute atomic E-state index is 13.4. The predicted octanol–water partition coefficient (Wildman–Crippen LogP) is 5.79. The molecular weight excluding hydrogens is 448 g/mol. The van der Waals surface area contributed by atoms with Crippen LogP contribution in [0.5, 0.6) is 0 Å². The molecule has 3 rings (SSSR count). The molecule has 0 aromatic heterocycles. The fourth-order valence-corrected chi connectivity index (χ4v) is 4.58. The third kappa shape index (κ3) is 6.59. The zero-order valence-corrected chi connectivity index (χ0v) is 21.4. The van der Waals surface area contributed by atoms with Gasteiger partial charge in [-0.25, -0.2) is 0 Å². The molecule has 184 valence electrons. The van der Waals surface area contributed by atoms with Gasteiger partial charge < -0.3 is 15.1 Å². The van der Waals surface area contributed by atoms with E-state index in [9.17, 15) is 9.59 Å². The molecule has 1 heterocycles. The van der Waals surface area contributed by atoms with Crippen molar-refractivity contribution in [2.45, 2.75) is 46.5 Å². The first-order valence-electron chi connectivity index (χ1n) is 12.5. The molecule has 0 aliphatic carbocycles. The monoisotopic (exact) mass is 484 g/mol. The van der Waals surface area contributed by atoms with E-state index < -0.39 is 0 Å². The first-order valence-corrected chi connectivity index (χ1v) is 12.8. The van der Waals surface area contributed by atoms with Crippen molar-refractivity contribution in [2.75, 3.05) is 49.5 Å². The highest BCUT2D eigenvalue weighted by molar-refractivity contribution is 6.31. The second kappa shape index (κ2) is 12.9. The number of amides is 2. The number of para-hydroxylation sites is 1. The van der Waals surface area contributed by atoms with Crippen molar-refractivity contribution in [3.05, 3.63) is 53.1 Å². The number of anilines is 3. The minimum Gasteiger partial charge on any atom is -0.320 e. The summed E-state index contributed by atoms with van der Waals surface area (Å²) in [6.45, 7) is 13.1. The van der Waals surface area contributed by atoms with E-state index in [2.05, 4.69) is 35.9 Å². The lowest BCUT2D eigenvalue weighted by Crippen LogP contribution is -2.35. The Bertz CT molecular complexity index is 977. The molecule has 1 aliphatic rings. The molecule has 0 atom stereocenters. The summed E-state index contributed by atoms with van der Waals surface area (Å²) in [7, 11) is 0. The number of hydrogen-bond donors (Lipinski definition) is 1. The van der Waals surface area contributed by atoms with Crippen LogP contribution >= 0.6 is 11.6 Å². The summed E-state index contributed by atoms with van der Waals surface area (Å²) in [6, 6.07) is 12.5. The number of carbonyl (C=O) groups is 2. The molecule has 0 spiro atoms. The largest absolute Gasteiger partial charge is 0.320 e. The second-order valence-corrected chi connectivity index (χ2v) is 9.07. The molecule has 0 fully saturated rings. The summed E-state index contributed by atoms with van der Waals surface area (Å²) in [6.07, 6.45) is 3.31. The molecule has 1 N–H and O–H groups in total. The van der Waals surface area contributed by atoms with Gasteiger partial charge in [0.2, 0.25) is 5.91 Å². The van der Waals surface area contributed by atoms with E-state index in [1.165, 1.54) is 0 Å². The zero-order chi connectivity index (χ0) is 24.5. The first kappa shape index (κ1) is 26.2. The Morgan fingerprint density at radius 1 is 0.882 bits per heavy atom. The summed E-state index contributed by atoms with van der Waals surface area (Å²) in [4.78, 5) is 32.8. The number of fused-ring (bicyclic) bond motifs is 2. The molecule has 0 radical (unpaired) electrons. The van der Waals surface area contributed by atoms with Crippen molar-refractivity contribution in [2.24, 2.45) is 0 Å². The molecule has 6 nitrogen and oxygen atoms in total. The van der Waals surface area contributed by atoms with Crippen LogP contribution in [0.2, 0.25) is 5.02 Å². The number of nitrogens with one attached hydrogen (secondary N) is 1. The van der Waals surface area contributed by atoms with Gasteiger partial charge in [-0.05, 0) is 69.4 Å². The van der Waals surface area contributed by atoms with Gasteiger partial charge in [0.1, 0.15) is 0 Å².